The third-order valence-electron chi connectivity index (χ3n) is 3.66. The first kappa shape index (κ1) is 14.5. The third-order valence-corrected chi connectivity index (χ3v) is 3.66. The summed E-state index contributed by atoms with van der Waals surface area (Å²) < 4.78 is 0. The number of pyridine rings is 1. The number of aliphatic carboxylic acids is 1. The molecule has 1 aliphatic heterocycles. The van der Waals surface area contributed by atoms with Gasteiger partial charge in [0.2, 0.25) is 5.91 Å². The summed E-state index contributed by atoms with van der Waals surface area (Å²) in [7, 11) is 0. The zero-order chi connectivity index (χ0) is 14.9. The van der Waals surface area contributed by atoms with Gasteiger partial charge in [0.15, 0.2) is 0 Å². The van der Waals surface area contributed by atoms with Crippen LogP contribution >= 0.6 is 0 Å². The molecule has 0 radical (unpaired) electrons. The molecule has 20 heavy (non-hydrogen) atoms. The number of carbonyl (C=O) groups excluding carboxylic acids is 1. The van der Waals surface area contributed by atoms with Gasteiger partial charge in [-0.2, -0.15) is 0 Å². The molecule has 5 heteroatoms. The van der Waals surface area contributed by atoms with Crippen LogP contribution in [0.4, 0.5) is 0 Å². The molecule has 0 aromatic carbocycles. The fraction of sp³-hybridized carbons (Fsp3) is 0.533. The van der Waals surface area contributed by atoms with Crippen LogP contribution in [0.2, 0.25) is 0 Å². The monoisotopic (exact) mass is 276 g/mol. The Hall–Kier alpha value is -1.91. The summed E-state index contributed by atoms with van der Waals surface area (Å²) in [5.41, 5.74) is 0.356. The van der Waals surface area contributed by atoms with E-state index in [1.54, 1.807) is 23.4 Å². The number of carbonyl (C=O) groups is 2. The standard InChI is InChI=1S/C15H20N2O3/c1-15(2,3)17-12(18)7-6-11(14(19)20)13(17)10-5-4-8-16-9-10/h4-5,8-9,11,13H,6-7H2,1-3H3,(H,19,20). The molecule has 0 spiro atoms. The molecule has 2 unspecified atom stereocenters. The van der Waals surface area contributed by atoms with Crippen molar-refractivity contribution in [2.75, 3.05) is 0 Å². The molecular formula is C15H20N2O3. The van der Waals surface area contributed by atoms with Crippen molar-refractivity contribution in [1.82, 2.24) is 9.88 Å². The molecular weight excluding hydrogens is 256 g/mol. The third kappa shape index (κ3) is 2.66. The first-order valence-corrected chi connectivity index (χ1v) is 6.77. The molecule has 0 saturated carbocycles. The number of piperidine rings is 1. The second-order valence-corrected chi connectivity index (χ2v) is 6.15. The first-order valence-electron chi connectivity index (χ1n) is 6.77. The van der Waals surface area contributed by atoms with E-state index in [4.69, 9.17) is 0 Å². The van der Waals surface area contributed by atoms with E-state index in [1.807, 2.05) is 26.8 Å². The van der Waals surface area contributed by atoms with Crippen LogP contribution < -0.4 is 0 Å². The summed E-state index contributed by atoms with van der Waals surface area (Å²) in [5, 5.41) is 9.48. The van der Waals surface area contributed by atoms with Gasteiger partial charge >= 0.3 is 5.97 Å². The van der Waals surface area contributed by atoms with E-state index in [2.05, 4.69) is 4.98 Å². The Kier molecular flexibility index (Phi) is 3.79. The number of aromatic nitrogens is 1. The number of rotatable bonds is 2. The van der Waals surface area contributed by atoms with E-state index in [9.17, 15) is 14.7 Å². The number of likely N-dealkylation sites (tertiary alicyclic amines) is 1. The van der Waals surface area contributed by atoms with E-state index in [-0.39, 0.29) is 12.3 Å². The molecule has 0 aliphatic carbocycles. The van der Waals surface area contributed by atoms with Gasteiger partial charge in [-0.3, -0.25) is 14.6 Å². The van der Waals surface area contributed by atoms with Crippen LogP contribution in [0.25, 0.3) is 0 Å². The minimum Gasteiger partial charge on any atom is -0.481 e. The average molecular weight is 276 g/mol. The Balaban J connectivity index is 2.50. The van der Waals surface area contributed by atoms with Gasteiger partial charge in [-0.25, -0.2) is 0 Å². The maximum absolute atomic E-state index is 12.3. The van der Waals surface area contributed by atoms with Crippen LogP contribution in [0, 0.1) is 5.92 Å². The maximum Gasteiger partial charge on any atom is 0.308 e. The summed E-state index contributed by atoms with van der Waals surface area (Å²) in [6, 6.07) is 3.15. The SMILES string of the molecule is CC(C)(C)N1C(=O)CCC(C(=O)O)C1c1cccnc1. The lowest BCUT2D eigenvalue weighted by Gasteiger charge is -2.47. The maximum atomic E-state index is 12.3. The highest BCUT2D eigenvalue weighted by molar-refractivity contribution is 5.82. The van der Waals surface area contributed by atoms with Gasteiger partial charge in [-0.1, -0.05) is 6.07 Å². The molecule has 1 aliphatic rings. The van der Waals surface area contributed by atoms with Crippen LogP contribution in [-0.2, 0) is 9.59 Å². The second-order valence-electron chi connectivity index (χ2n) is 6.15. The normalized spacial score (nSPS) is 23.8. The molecule has 1 fully saturated rings. The molecule has 1 N–H and O–H groups in total. The van der Waals surface area contributed by atoms with Crippen molar-refractivity contribution in [3.63, 3.8) is 0 Å². The first-order chi connectivity index (χ1) is 9.32. The van der Waals surface area contributed by atoms with E-state index in [0.717, 1.165) is 5.56 Å². The average Bonchev–Trinajstić information content (AvgIpc) is 2.37. The Morgan fingerprint density at radius 2 is 2.15 bits per heavy atom. The topological polar surface area (TPSA) is 70.5 Å². The number of carboxylic acids is 1. The van der Waals surface area contributed by atoms with Gasteiger partial charge < -0.3 is 10.0 Å². The van der Waals surface area contributed by atoms with Crippen molar-refractivity contribution in [2.45, 2.75) is 45.2 Å². The molecule has 1 amide bonds. The van der Waals surface area contributed by atoms with Crippen molar-refractivity contribution in [3.05, 3.63) is 30.1 Å². The Morgan fingerprint density at radius 3 is 2.65 bits per heavy atom. The molecule has 1 saturated heterocycles. The largest absolute Gasteiger partial charge is 0.481 e. The van der Waals surface area contributed by atoms with E-state index in [1.165, 1.54) is 0 Å². The van der Waals surface area contributed by atoms with Gasteiger partial charge in [0.05, 0.1) is 12.0 Å². The number of hydrogen-bond donors (Lipinski definition) is 1. The van der Waals surface area contributed by atoms with E-state index in [0.29, 0.717) is 6.42 Å². The fourth-order valence-corrected chi connectivity index (χ4v) is 2.87. The van der Waals surface area contributed by atoms with Crippen molar-refractivity contribution in [1.29, 1.82) is 0 Å². The van der Waals surface area contributed by atoms with Crippen LogP contribution in [0.5, 0.6) is 0 Å². The molecule has 1 aromatic heterocycles. The van der Waals surface area contributed by atoms with Crippen molar-refractivity contribution in [3.8, 4) is 0 Å². The number of carboxylic acid groups (broad SMARTS) is 1. The Morgan fingerprint density at radius 1 is 1.45 bits per heavy atom. The second kappa shape index (κ2) is 5.23. The Bertz CT molecular complexity index is 508. The number of nitrogens with zero attached hydrogens (tertiary/aromatic N) is 2. The van der Waals surface area contributed by atoms with Gasteiger partial charge in [0.25, 0.3) is 0 Å². The van der Waals surface area contributed by atoms with Crippen molar-refractivity contribution in [2.24, 2.45) is 5.92 Å². The van der Waals surface area contributed by atoms with Crippen LogP contribution in [-0.4, -0.2) is 32.4 Å². The minimum absolute atomic E-state index is 0.00357. The summed E-state index contributed by atoms with van der Waals surface area (Å²) in [5.74, 6) is -1.44. The van der Waals surface area contributed by atoms with Crippen molar-refractivity contribution < 1.29 is 14.7 Å². The smallest absolute Gasteiger partial charge is 0.308 e. The quantitative estimate of drug-likeness (QED) is 0.899. The zero-order valence-corrected chi connectivity index (χ0v) is 12.0. The highest BCUT2D eigenvalue weighted by Crippen LogP contribution is 2.40. The van der Waals surface area contributed by atoms with Gasteiger partial charge in [-0.05, 0) is 38.8 Å². The van der Waals surface area contributed by atoms with Gasteiger partial charge in [0.1, 0.15) is 0 Å². The number of amides is 1. The summed E-state index contributed by atoms with van der Waals surface area (Å²) >= 11 is 0. The summed E-state index contributed by atoms with van der Waals surface area (Å²) in [6.45, 7) is 5.79. The molecule has 108 valence electrons. The van der Waals surface area contributed by atoms with Gasteiger partial charge in [0, 0.05) is 24.4 Å². The lowest BCUT2D eigenvalue weighted by Crippen LogP contribution is -2.53. The molecule has 1 aromatic rings. The molecule has 2 rings (SSSR count). The molecule has 2 heterocycles. The molecule has 5 nitrogen and oxygen atoms in total. The van der Waals surface area contributed by atoms with Gasteiger partial charge in [-0.15, -0.1) is 0 Å². The fourth-order valence-electron chi connectivity index (χ4n) is 2.87. The van der Waals surface area contributed by atoms with E-state index < -0.39 is 23.5 Å². The van der Waals surface area contributed by atoms with Crippen LogP contribution in [0.3, 0.4) is 0 Å². The molecule has 2 atom stereocenters. The van der Waals surface area contributed by atoms with Crippen molar-refractivity contribution >= 4 is 11.9 Å². The lowest BCUT2D eigenvalue weighted by molar-refractivity contribution is -0.156. The number of hydrogen-bond acceptors (Lipinski definition) is 3. The van der Waals surface area contributed by atoms with Crippen LogP contribution in [0.15, 0.2) is 24.5 Å². The Labute approximate surface area is 118 Å². The van der Waals surface area contributed by atoms with Crippen LogP contribution in [0.1, 0.15) is 45.2 Å². The predicted octanol–water partition coefficient (Wildman–Crippen LogP) is 2.24. The predicted molar refractivity (Wildman–Crippen MR) is 73.9 cm³/mol. The molecule has 0 bridgehead atoms. The summed E-state index contributed by atoms with van der Waals surface area (Å²) in [4.78, 5) is 29.6. The highest BCUT2D eigenvalue weighted by atomic mass is 16.4. The zero-order valence-electron chi connectivity index (χ0n) is 12.0. The highest BCUT2D eigenvalue weighted by Gasteiger charge is 2.44. The minimum atomic E-state index is -0.861. The van der Waals surface area contributed by atoms with E-state index >= 15 is 0 Å². The lowest BCUT2D eigenvalue weighted by atomic mass is 9.82. The summed E-state index contributed by atoms with van der Waals surface area (Å²) in [6.07, 6.45) is 3.95.